The third-order valence-electron chi connectivity index (χ3n) is 4.02. The maximum Gasteiger partial charge on any atom is 0.220 e. The van der Waals surface area contributed by atoms with Crippen molar-refractivity contribution in [1.29, 1.82) is 0 Å². The van der Waals surface area contributed by atoms with Gasteiger partial charge in [0, 0.05) is 30.4 Å². The average molecular weight is 263 g/mol. The van der Waals surface area contributed by atoms with Crippen LogP contribution in [-0.2, 0) is 9.53 Å². The van der Waals surface area contributed by atoms with Gasteiger partial charge in [0.05, 0.1) is 6.10 Å². The van der Waals surface area contributed by atoms with E-state index in [4.69, 9.17) is 10.5 Å². The van der Waals surface area contributed by atoms with Gasteiger partial charge < -0.3 is 15.8 Å². The van der Waals surface area contributed by atoms with Crippen LogP contribution in [0.25, 0.3) is 0 Å². The summed E-state index contributed by atoms with van der Waals surface area (Å²) in [6, 6.07) is 0.283. The fraction of sp³-hybridized carbons (Fsp3) is 0.917. The predicted molar refractivity (Wildman–Crippen MR) is 69.1 cm³/mol. The SMILES string of the molecule is CC1(C)C(NC(=O)CCCN)C2CCOC21.Cl. The zero-order valence-corrected chi connectivity index (χ0v) is 11.4. The summed E-state index contributed by atoms with van der Waals surface area (Å²) in [6.07, 6.45) is 2.73. The van der Waals surface area contributed by atoms with Gasteiger partial charge in [-0.2, -0.15) is 0 Å². The summed E-state index contributed by atoms with van der Waals surface area (Å²) >= 11 is 0. The Labute approximate surface area is 109 Å². The van der Waals surface area contributed by atoms with E-state index < -0.39 is 0 Å². The third-order valence-corrected chi connectivity index (χ3v) is 4.02. The minimum atomic E-state index is 0. The van der Waals surface area contributed by atoms with Crippen LogP contribution >= 0.6 is 12.4 Å². The molecule has 0 radical (unpaired) electrons. The van der Waals surface area contributed by atoms with E-state index in [2.05, 4.69) is 19.2 Å². The zero-order chi connectivity index (χ0) is 11.8. The number of carbonyl (C=O) groups is 1. The summed E-state index contributed by atoms with van der Waals surface area (Å²) in [6.45, 7) is 5.77. The molecule has 17 heavy (non-hydrogen) atoms. The van der Waals surface area contributed by atoms with E-state index in [1.165, 1.54) is 0 Å². The van der Waals surface area contributed by atoms with Gasteiger partial charge in [-0.1, -0.05) is 13.8 Å². The second-order valence-corrected chi connectivity index (χ2v) is 5.50. The zero-order valence-electron chi connectivity index (χ0n) is 10.6. The van der Waals surface area contributed by atoms with Gasteiger partial charge in [0.15, 0.2) is 0 Å². The Balaban J connectivity index is 0.00000144. The number of hydrogen-bond donors (Lipinski definition) is 2. The monoisotopic (exact) mass is 262 g/mol. The van der Waals surface area contributed by atoms with Crippen LogP contribution in [0.1, 0.15) is 33.1 Å². The number of fused-ring (bicyclic) bond motifs is 1. The maximum atomic E-state index is 11.7. The Bertz CT molecular complexity index is 284. The van der Waals surface area contributed by atoms with Gasteiger partial charge in [0.2, 0.25) is 5.91 Å². The first kappa shape index (κ1) is 14.7. The van der Waals surface area contributed by atoms with Crippen molar-refractivity contribution < 1.29 is 9.53 Å². The molecule has 100 valence electrons. The predicted octanol–water partition coefficient (Wildman–Crippen LogP) is 1.08. The number of amides is 1. The number of nitrogens with one attached hydrogen (secondary N) is 1. The summed E-state index contributed by atoms with van der Waals surface area (Å²) in [5.74, 6) is 0.658. The maximum absolute atomic E-state index is 11.7. The van der Waals surface area contributed by atoms with Crippen LogP contribution in [0.5, 0.6) is 0 Å². The smallest absolute Gasteiger partial charge is 0.220 e. The Morgan fingerprint density at radius 3 is 2.88 bits per heavy atom. The summed E-state index contributed by atoms with van der Waals surface area (Å²) in [4.78, 5) is 11.7. The minimum Gasteiger partial charge on any atom is -0.377 e. The molecule has 1 saturated heterocycles. The molecule has 1 saturated carbocycles. The van der Waals surface area contributed by atoms with E-state index in [0.29, 0.717) is 25.0 Å². The van der Waals surface area contributed by atoms with Crippen LogP contribution in [0.2, 0.25) is 0 Å². The molecule has 2 rings (SSSR count). The number of carbonyl (C=O) groups excluding carboxylic acids is 1. The Morgan fingerprint density at radius 1 is 1.53 bits per heavy atom. The molecule has 3 N–H and O–H groups in total. The summed E-state index contributed by atoms with van der Waals surface area (Å²) in [5.41, 5.74) is 5.48. The second-order valence-electron chi connectivity index (χ2n) is 5.50. The van der Waals surface area contributed by atoms with Crippen LogP contribution < -0.4 is 11.1 Å². The molecule has 5 heteroatoms. The lowest BCUT2D eigenvalue weighted by Gasteiger charge is -2.54. The first-order chi connectivity index (χ1) is 7.57. The molecule has 0 aromatic rings. The van der Waals surface area contributed by atoms with Crippen molar-refractivity contribution in [2.75, 3.05) is 13.2 Å². The van der Waals surface area contributed by atoms with E-state index in [1.807, 2.05) is 0 Å². The van der Waals surface area contributed by atoms with Crippen LogP contribution in [0, 0.1) is 11.3 Å². The third kappa shape index (κ3) is 2.59. The molecule has 1 heterocycles. The van der Waals surface area contributed by atoms with Crippen LogP contribution in [0.4, 0.5) is 0 Å². The van der Waals surface area contributed by atoms with Crippen LogP contribution in [0.15, 0.2) is 0 Å². The first-order valence-electron chi connectivity index (χ1n) is 6.18. The van der Waals surface area contributed by atoms with Crippen molar-refractivity contribution in [3.8, 4) is 0 Å². The first-order valence-corrected chi connectivity index (χ1v) is 6.18. The van der Waals surface area contributed by atoms with Gasteiger partial charge in [0.1, 0.15) is 0 Å². The standard InChI is InChI=1S/C12H22N2O2.ClH/c1-12(2)10(8-5-7-16-11(8)12)14-9(15)4-3-6-13;/h8,10-11H,3-7,13H2,1-2H3,(H,14,15);1H. The molecule has 0 aromatic heterocycles. The molecule has 3 unspecified atom stereocenters. The highest BCUT2D eigenvalue weighted by Crippen LogP contribution is 2.52. The largest absolute Gasteiger partial charge is 0.377 e. The fourth-order valence-corrected chi connectivity index (χ4v) is 3.13. The quantitative estimate of drug-likeness (QED) is 0.797. The molecule has 2 aliphatic rings. The van der Waals surface area contributed by atoms with Gasteiger partial charge in [0.25, 0.3) is 0 Å². The summed E-state index contributed by atoms with van der Waals surface area (Å²) < 4.78 is 5.69. The topological polar surface area (TPSA) is 64.4 Å². The fourth-order valence-electron chi connectivity index (χ4n) is 3.13. The van der Waals surface area contributed by atoms with Crippen molar-refractivity contribution >= 4 is 18.3 Å². The van der Waals surface area contributed by atoms with Gasteiger partial charge in [-0.05, 0) is 19.4 Å². The van der Waals surface area contributed by atoms with Gasteiger partial charge >= 0.3 is 0 Å². The highest BCUT2D eigenvalue weighted by molar-refractivity contribution is 5.85. The number of nitrogens with two attached hydrogens (primary N) is 1. The van der Waals surface area contributed by atoms with E-state index in [9.17, 15) is 4.79 Å². The number of ether oxygens (including phenoxy) is 1. The van der Waals surface area contributed by atoms with Crippen LogP contribution in [-0.4, -0.2) is 31.2 Å². The van der Waals surface area contributed by atoms with Crippen molar-refractivity contribution in [3.05, 3.63) is 0 Å². The van der Waals surface area contributed by atoms with E-state index in [-0.39, 0.29) is 29.8 Å². The number of halogens is 1. The Morgan fingerprint density at radius 2 is 2.24 bits per heavy atom. The normalized spacial score (nSPS) is 33.2. The molecular weight excluding hydrogens is 240 g/mol. The molecular formula is C12H23ClN2O2. The lowest BCUT2D eigenvalue weighted by atomic mass is 9.57. The lowest BCUT2D eigenvalue weighted by Crippen LogP contribution is -2.66. The van der Waals surface area contributed by atoms with E-state index in [0.717, 1.165) is 19.4 Å². The molecule has 1 aliphatic carbocycles. The Hall–Kier alpha value is -0.320. The molecule has 2 fully saturated rings. The summed E-state index contributed by atoms with van der Waals surface area (Å²) in [7, 11) is 0. The van der Waals surface area contributed by atoms with Gasteiger partial charge in [-0.15, -0.1) is 12.4 Å². The van der Waals surface area contributed by atoms with Crippen molar-refractivity contribution in [2.24, 2.45) is 17.1 Å². The molecule has 3 atom stereocenters. The highest BCUT2D eigenvalue weighted by atomic mass is 35.5. The van der Waals surface area contributed by atoms with Crippen molar-refractivity contribution in [2.45, 2.75) is 45.3 Å². The van der Waals surface area contributed by atoms with Gasteiger partial charge in [-0.3, -0.25) is 4.79 Å². The molecule has 0 spiro atoms. The van der Waals surface area contributed by atoms with E-state index in [1.54, 1.807) is 0 Å². The molecule has 0 aromatic carbocycles. The van der Waals surface area contributed by atoms with Crippen molar-refractivity contribution in [3.63, 3.8) is 0 Å². The lowest BCUT2D eigenvalue weighted by molar-refractivity contribution is -0.137. The Kier molecular flexibility index (Phi) is 4.81. The van der Waals surface area contributed by atoms with Gasteiger partial charge in [-0.25, -0.2) is 0 Å². The average Bonchev–Trinajstić information content (AvgIpc) is 2.69. The number of hydrogen-bond acceptors (Lipinski definition) is 3. The van der Waals surface area contributed by atoms with Crippen LogP contribution in [0.3, 0.4) is 0 Å². The minimum absolute atomic E-state index is 0. The summed E-state index contributed by atoms with van der Waals surface area (Å²) in [5, 5.41) is 3.14. The molecule has 4 nitrogen and oxygen atoms in total. The van der Waals surface area contributed by atoms with E-state index >= 15 is 0 Å². The molecule has 1 amide bonds. The second kappa shape index (κ2) is 5.55. The van der Waals surface area contributed by atoms with Crippen molar-refractivity contribution in [1.82, 2.24) is 5.32 Å². The molecule has 1 aliphatic heterocycles. The highest BCUT2D eigenvalue weighted by Gasteiger charge is 2.59. The molecule has 0 bridgehead atoms. The number of rotatable bonds is 4.